The van der Waals surface area contributed by atoms with Crippen LogP contribution in [0.3, 0.4) is 0 Å². The average molecular weight is 394 g/mol. The normalized spacial score (nSPS) is 17.1. The summed E-state index contributed by atoms with van der Waals surface area (Å²) in [6.07, 6.45) is 5.74. The van der Waals surface area contributed by atoms with Crippen molar-refractivity contribution in [3.63, 3.8) is 0 Å². The van der Waals surface area contributed by atoms with Gasteiger partial charge in [-0.1, -0.05) is 39.8 Å². The van der Waals surface area contributed by atoms with Crippen molar-refractivity contribution in [1.82, 2.24) is 9.88 Å². The van der Waals surface area contributed by atoms with Crippen LogP contribution in [0.5, 0.6) is 0 Å². The molecule has 1 fully saturated rings. The number of pyridine rings is 1. The molecule has 2 heterocycles. The third-order valence-corrected chi connectivity index (χ3v) is 5.61. The average Bonchev–Trinajstić information content (AvgIpc) is 2.73. The summed E-state index contributed by atoms with van der Waals surface area (Å²) in [5.41, 5.74) is 2.75. The predicted octanol–water partition coefficient (Wildman–Crippen LogP) is 5.04. The minimum Gasteiger partial charge on any atom is -0.336 e. The summed E-state index contributed by atoms with van der Waals surface area (Å²) in [5, 5.41) is 2.88. The van der Waals surface area contributed by atoms with Gasteiger partial charge in [-0.25, -0.2) is 0 Å². The SMILES string of the molecule is CCC1CCCCN1C(=O)c1ccnc(C(=O)Nc2ccc(C(C)(C)C)cc2)c1. The molecule has 154 valence electrons. The van der Waals surface area contributed by atoms with Crippen LogP contribution < -0.4 is 5.32 Å². The first-order valence-corrected chi connectivity index (χ1v) is 10.5. The second kappa shape index (κ2) is 8.76. The third kappa shape index (κ3) is 5.03. The molecule has 0 radical (unpaired) electrons. The molecule has 1 saturated heterocycles. The maximum atomic E-state index is 13.0. The van der Waals surface area contributed by atoms with Crippen LogP contribution in [-0.2, 0) is 5.41 Å². The molecule has 5 nitrogen and oxygen atoms in total. The highest BCUT2D eigenvalue weighted by Crippen LogP contribution is 2.24. The van der Waals surface area contributed by atoms with Crippen molar-refractivity contribution < 1.29 is 9.59 Å². The summed E-state index contributed by atoms with van der Waals surface area (Å²) in [6, 6.07) is 11.4. The maximum Gasteiger partial charge on any atom is 0.274 e. The van der Waals surface area contributed by atoms with Crippen molar-refractivity contribution in [3.8, 4) is 0 Å². The minimum atomic E-state index is -0.311. The number of carbonyl (C=O) groups excluding carboxylic acids is 2. The lowest BCUT2D eigenvalue weighted by Gasteiger charge is -2.35. The molecule has 5 heteroatoms. The van der Waals surface area contributed by atoms with Crippen LogP contribution in [-0.4, -0.2) is 34.3 Å². The lowest BCUT2D eigenvalue weighted by Crippen LogP contribution is -2.43. The quantitative estimate of drug-likeness (QED) is 0.792. The molecule has 2 aromatic rings. The van der Waals surface area contributed by atoms with E-state index in [1.807, 2.05) is 29.2 Å². The van der Waals surface area contributed by atoms with Gasteiger partial charge in [-0.2, -0.15) is 0 Å². The Morgan fingerprint density at radius 2 is 1.86 bits per heavy atom. The summed E-state index contributed by atoms with van der Waals surface area (Å²) in [4.78, 5) is 31.8. The largest absolute Gasteiger partial charge is 0.336 e. The van der Waals surface area contributed by atoms with Crippen LogP contribution in [0.4, 0.5) is 5.69 Å². The maximum absolute atomic E-state index is 13.0. The van der Waals surface area contributed by atoms with Crippen molar-refractivity contribution in [2.45, 2.75) is 64.8 Å². The van der Waals surface area contributed by atoms with Crippen molar-refractivity contribution in [1.29, 1.82) is 0 Å². The highest BCUT2D eigenvalue weighted by Gasteiger charge is 2.26. The highest BCUT2D eigenvalue weighted by atomic mass is 16.2. The monoisotopic (exact) mass is 393 g/mol. The highest BCUT2D eigenvalue weighted by molar-refractivity contribution is 6.04. The number of aromatic nitrogens is 1. The van der Waals surface area contributed by atoms with Crippen LogP contribution in [0.1, 0.15) is 79.8 Å². The fraction of sp³-hybridized carbons (Fsp3) is 0.458. The van der Waals surface area contributed by atoms with Gasteiger partial charge < -0.3 is 10.2 Å². The number of likely N-dealkylation sites (tertiary alicyclic amines) is 1. The number of nitrogens with zero attached hydrogens (tertiary/aromatic N) is 2. The number of hydrogen-bond acceptors (Lipinski definition) is 3. The molecule has 1 unspecified atom stereocenters. The molecule has 1 aromatic carbocycles. The number of carbonyl (C=O) groups is 2. The van der Waals surface area contributed by atoms with E-state index < -0.39 is 0 Å². The second-order valence-electron chi connectivity index (χ2n) is 8.77. The Kier molecular flexibility index (Phi) is 6.36. The molecular weight excluding hydrogens is 362 g/mol. The van der Waals surface area contributed by atoms with E-state index >= 15 is 0 Å². The Bertz CT molecular complexity index is 868. The standard InChI is InChI=1S/C24H31N3O2/c1-5-20-8-6-7-15-27(20)23(29)17-13-14-25-21(16-17)22(28)26-19-11-9-18(10-12-19)24(2,3)4/h9-14,16,20H,5-8,15H2,1-4H3,(H,26,28). The number of rotatable bonds is 4. The Labute approximate surface area is 173 Å². The minimum absolute atomic E-state index is 0.0115. The van der Waals surface area contributed by atoms with Gasteiger partial charge in [0.1, 0.15) is 5.69 Å². The number of amides is 2. The lowest BCUT2D eigenvalue weighted by atomic mass is 9.87. The van der Waals surface area contributed by atoms with Crippen molar-refractivity contribution in [2.75, 3.05) is 11.9 Å². The molecule has 0 aliphatic carbocycles. The van der Waals surface area contributed by atoms with Gasteiger partial charge in [-0.3, -0.25) is 14.6 Å². The predicted molar refractivity (Wildman–Crippen MR) is 116 cm³/mol. The van der Waals surface area contributed by atoms with Crippen LogP contribution in [0.2, 0.25) is 0 Å². The van der Waals surface area contributed by atoms with Gasteiger partial charge in [0.05, 0.1) is 0 Å². The molecule has 3 rings (SSSR count). The van der Waals surface area contributed by atoms with Gasteiger partial charge in [-0.15, -0.1) is 0 Å². The summed E-state index contributed by atoms with van der Waals surface area (Å²) in [7, 11) is 0. The van der Waals surface area contributed by atoms with Gasteiger partial charge in [0, 0.05) is 30.0 Å². The van der Waals surface area contributed by atoms with Gasteiger partial charge in [0.25, 0.3) is 11.8 Å². The van der Waals surface area contributed by atoms with E-state index in [-0.39, 0.29) is 29.0 Å². The number of anilines is 1. The number of hydrogen-bond donors (Lipinski definition) is 1. The van der Waals surface area contributed by atoms with Gasteiger partial charge in [0.15, 0.2) is 0 Å². The number of nitrogens with one attached hydrogen (secondary N) is 1. The van der Waals surface area contributed by atoms with E-state index in [1.165, 1.54) is 18.2 Å². The third-order valence-electron chi connectivity index (χ3n) is 5.61. The van der Waals surface area contributed by atoms with Crippen molar-refractivity contribution in [2.24, 2.45) is 0 Å². The number of benzene rings is 1. The zero-order valence-corrected chi connectivity index (χ0v) is 17.9. The molecule has 0 bridgehead atoms. The first-order chi connectivity index (χ1) is 13.8. The summed E-state index contributed by atoms with van der Waals surface area (Å²) >= 11 is 0. The molecular formula is C24H31N3O2. The van der Waals surface area contributed by atoms with Crippen LogP contribution in [0.25, 0.3) is 0 Å². The van der Waals surface area contributed by atoms with E-state index in [9.17, 15) is 9.59 Å². The van der Waals surface area contributed by atoms with E-state index in [4.69, 9.17) is 0 Å². The Hall–Kier alpha value is -2.69. The molecule has 1 atom stereocenters. The molecule has 29 heavy (non-hydrogen) atoms. The van der Waals surface area contributed by atoms with Crippen LogP contribution in [0, 0.1) is 0 Å². The molecule has 0 spiro atoms. The zero-order valence-electron chi connectivity index (χ0n) is 17.9. The summed E-state index contributed by atoms with van der Waals surface area (Å²) < 4.78 is 0. The van der Waals surface area contributed by atoms with Gasteiger partial charge in [0.2, 0.25) is 0 Å². The van der Waals surface area contributed by atoms with Gasteiger partial charge >= 0.3 is 0 Å². The summed E-state index contributed by atoms with van der Waals surface area (Å²) in [6.45, 7) is 9.35. The van der Waals surface area contributed by atoms with E-state index in [1.54, 1.807) is 12.1 Å². The Morgan fingerprint density at radius 3 is 2.52 bits per heavy atom. The second-order valence-corrected chi connectivity index (χ2v) is 8.77. The molecule has 1 aliphatic heterocycles. The number of piperidine rings is 1. The molecule has 2 amide bonds. The Morgan fingerprint density at radius 1 is 1.14 bits per heavy atom. The van der Waals surface area contributed by atoms with Crippen LogP contribution in [0.15, 0.2) is 42.6 Å². The fourth-order valence-corrected chi connectivity index (χ4v) is 3.79. The lowest BCUT2D eigenvalue weighted by molar-refractivity contribution is 0.0608. The molecule has 1 aliphatic rings. The van der Waals surface area contributed by atoms with E-state index in [2.05, 4.69) is 38.0 Å². The smallest absolute Gasteiger partial charge is 0.274 e. The zero-order chi connectivity index (χ0) is 21.0. The molecule has 1 N–H and O–H groups in total. The summed E-state index contributed by atoms with van der Waals surface area (Å²) in [5.74, 6) is -0.323. The molecule has 0 saturated carbocycles. The Balaban J connectivity index is 1.73. The first kappa shape index (κ1) is 21.0. The van der Waals surface area contributed by atoms with E-state index in [0.717, 1.165) is 25.8 Å². The van der Waals surface area contributed by atoms with Crippen molar-refractivity contribution >= 4 is 17.5 Å². The molecule has 1 aromatic heterocycles. The fourth-order valence-electron chi connectivity index (χ4n) is 3.79. The van der Waals surface area contributed by atoms with E-state index in [0.29, 0.717) is 11.3 Å². The first-order valence-electron chi connectivity index (χ1n) is 10.5. The van der Waals surface area contributed by atoms with Crippen molar-refractivity contribution in [3.05, 3.63) is 59.4 Å². The van der Waals surface area contributed by atoms with Gasteiger partial charge in [-0.05, 0) is 60.9 Å². The van der Waals surface area contributed by atoms with Crippen LogP contribution >= 0.6 is 0 Å². The topological polar surface area (TPSA) is 62.3 Å².